The first-order chi connectivity index (χ1) is 9.58. The standard InChI is InChI=1S/C15H18O5/c1-4-5-9-19-11(2)14(16)20-13-8-6-7-12(10-13)15(17)18-3/h4,6-8,10-11H,1,5,9H2,2-3H3. The van der Waals surface area contributed by atoms with Crippen LogP contribution in [0.15, 0.2) is 36.9 Å². The number of methoxy groups -OCH3 is 1. The van der Waals surface area contributed by atoms with Crippen LogP contribution in [0.4, 0.5) is 0 Å². The number of hydrogen-bond donors (Lipinski definition) is 0. The third-order valence-corrected chi connectivity index (χ3v) is 2.50. The van der Waals surface area contributed by atoms with E-state index < -0.39 is 18.0 Å². The molecule has 0 saturated carbocycles. The minimum atomic E-state index is -0.684. The van der Waals surface area contributed by atoms with Crippen molar-refractivity contribution in [2.45, 2.75) is 19.4 Å². The Morgan fingerprint density at radius 2 is 2.15 bits per heavy atom. The molecule has 20 heavy (non-hydrogen) atoms. The zero-order valence-corrected chi connectivity index (χ0v) is 11.6. The predicted molar refractivity (Wildman–Crippen MR) is 73.6 cm³/mol. The SMILES string of the molecule is C=CCCOC(C)C(=O)Oc1cccc(C(=O)OC)c1. The highest BCUT2D eigenvalue weighted by Gasteiger charge is 2.16. The average molecular weight is 278 g/mol. The average Bonchev–Trinajstić information content (AvgIpc) is 2.46. The van der Waals surface area contributed by atoms with Crippen LogP contribution in [-0.4, -0.2) is 31.8 Å². The molecule has 0 heterocycles. The van der Waals surface area contributed by atoms with E-state index in [1.807, 2.05) is 0 Å². The van der Waals surface area contributed by atoms with Gasteiger partial charge in [-0.15, -0.1) is 6.58 Å². The third-order valence-electron chi connectivity index (χ3n) is 2.50. The van der Waals surface area contributed by atoms with Crippen molar-refractivity contribution in [3.05, 3.63) is 42.5 Å². The molecule has 0 aliphatic rings. The number of ether oxygens (including phenoxy) is 3. The Balaban J connectivity index is 2.61. The van der Waals surface area contributed by atoms with Crippen LogP contribution in [0, 0.1) is 0 Å². The summed E-state index contributed by atoms with van der Waals surface area (Å²) in [6.07, 6.45) is 1.68. The van der Waals surface area contributed by atoms with E-state index in [0.29, 0.717) is 18.6 Å². The summed E-state index contributed by atoms with van der Waals surface area (Å²) in [5.74, 6) is -0.730. The van der Waals surface area contributed by atoms with Gasteiger partial charge >= 0.3 is 11.9 Å². The van der Waals surface area contributed by atoms with Crippen LogP contribution in [0.2, 0.25) is 0 Å². The summed E-state index contributed by atoms with van der Waals surface area (Å²) in [6, 6.07) is 6.21. The summed E-state index contributed by atoms with van der Waals surface area (Å²) < 4.78 is 15.0. The monoisotopic (exact) mass is 278 g/mol. The van der Waals surface area contributed by atoms with Crippen molar-refractivity contribution in [3.63, 3.8) is 0 Å². The number of benzene rings is 1. The van der Waals surface area contributed by atoms with Crippen LogP contribution in [0.3, 0.4) is 0 Å². The van der Waals surface area contributed by atoms with Crippen LogP contribution in [0.5, 0.6) is 5.75 Å². The molecule has 1 aromatic rings. The van der Waals surface area contributed by atoms with E-state index in [1.54, 1.807) is 31.2 Å². The summed E-state index contributed by atoms with van der Waals surface area (Å²) in [4.78, 5) is 23.1. The first-order valence-corrected chi connectivity index (χ1v) is 6.21. The first kappa shape index (κ1) is 15.9. The molecule has 0 fully saturated rings. The fourth-order valence-corrected chi connectivity index (χ4v) is 1.40. The number of rotatable bonds is 7. The van der Waals surface area contributed by atoms with E-state index >= 15 is 0 Å². The van der Waals surface area contributed by atoms with Gasteiger partial charge in [0.25, 0.3) is 0 Å². The van der Waals surface area contributed by atoms with Crippen LogP contribution in [0.1, 0.15) is 23.7 Å². The highest BCUT2D eigenvalue weighted by molar-refractivity contribution is 5.90. The number of carbonyl (C=O) groups is 2. The van der Waals surface area contributed by atoms with E-state index in [2.05, 4.69) is 11.3 Å². The molecule has 0 aliphatic heterocycles. The van der Waals surface area contributed by atoms with E-state index in [9.17, 15) is 9.59 Å². The molecule has 1 unspecified atom stereocenters. The first-order valence-electron chi connectivity index (χ1n) is 6.21. The smallest absolute Gasteiger partial charge is 0.340 e. The molecular weight excluding hydrogens is 260 g/mol. The normalized spacial score (nSPS) is 11.5. The lowest BCUT2D eigenvalue weighted by atomic mass is 10.2. The zero-order valence-electron chi connectivity index (χ0n) is 11.6. The number of esters is 2. The minimum Gasteiger partial charge on any atom is -0.465 e. The second kappa shape index (κ2) is 8.12. The molecule has 1 aromatic carbocycles. The van der Waals surface area contributed by atoms with Gasteiger partial charge in [-0.3, -0.25) is 0 Å². The Morgan fingerprint density at radius 1 is 1.40 bits per heavy atom. The summed E-state index contributed by atoms with van der Waals surface area (Å²) in [6.45, 7) is 5.58. The topological polar surface area (TPSA) is 61.8 Å². The third kappa shape index (κ3) is 4.85. The Labute approximate surface area is 118 Å². The second-order valence-electron chi connectivity index (χ2n) is 4.03. The maximum Gasteiger partial charge on any atom is 0.340 e. The largest absolute Gasteiger partial charge is 0.465 e. The summed E-state index contributed by atoms with van der Waals surface area (Å²) in [5, 5.41) is 0. The summed E-state index contributed by atoms with van der Waals surface area (Å²) >= 11 is 0. The molecule has 108 valence electrons. The van der Waals surface area contributed by atoms with Crippen LogP contribution in [0.25, 0.3) is 0 Å². The number of hydrogen-bond acceptors (Lipinski definition) is 5. The second-order valence-corrected chi connectivity index (χ2v) is 4.03. The van der Waals surface area contributed by atoms with Crippen molar-refractivity contribution in [2.75, 3.05) is 13.7 Å². The summed E-state index contributed by atoms with van der Waals surface area (Å²) in [7, 11) is 1.29. The molecule has 0 radical (unpaired) electrons. The quantitative estimate of drug-likeness (QED) is 0.331. The van der Waals surface area contributed by atoms with Crippen molar-refractivity contribution in [3.8, 4) is 5.75 Å². The van der Waals surface area contributed by atoms with Gasteiger partial charge in [0.2, 0.25) is 0 Å². The minimum absolute atomic E-state index is 0.275. The van der Waals surface area contributed by atoms with Gasteiger partial charge in [-0.05, 0) is 31.5 Å². The highest BCUT2D eigenvalue weighted by atomic mass is 16.6. The van der Waals surface area contributed by atoms with Gasteiger partial charge in [-0.1, -0.05) is 12.1 Å². The number of carbonyl (C=O) groups excluding carboxylic acids is 2. The molecular formula is C15H18O5. The Morgan fingerprint density at radius 3 is 2.80 bits per heavy atom. The van der Waals surface area contributed by atoms with E-state index in [-0.39, 0.29) is 5.75 Å². The molecule has 0 aliphatic carbocycles. The fourth-order valence-electron chi connectivity index (χ4n) is 1.40. The van der Waals surface area contributed by atoms with Gasteiger partial charge in [0.15, 0.2) is 6.10 Å². The van der Waals surface area contributed by atoms with Crippen LogP contribution in [-0.2, 0) is 14.3 Å². The summed E-state index contributed by atoms with van der Waals surface area (Å²) in [5.41, 5.74) is 0.318. The predicted octanol–water partition coefficient (Wildman–Crippen LogP) is 2.36. The molecule has 5 nitrogen and oxygen atoms in total. The van der Waals surface area contributed by atoms with Crippen LogP contribution >= 0.6 is 0 Å². The van der Waals surface area contributed by atoms with Gasteiger partial charge in [0, 0.05) is 0 Å². The van der Waals surface area contributed by atoms with Gasteiger partial charge in [0.1, 0.15) is 5.75 Å². The Kier molecular flexibility index (Phi) is 6.46. The molecule has 1 atom stereocenters. The van der Waals surface area contributed by atoms with Crippen molar-refractivity contribution in [1.82, 2.24) is 0 Å². The van der Waals surface area contributed by atoms with E-state index in [4.69, 9.17) is 9.47 Å². The molecule has 0 amide bonds. The van der Waals surface area contributed by atoms with Gasteiger partial charge in [-0.25, -0.2) is 9.59 Å². The lowest BCUT2D eigenvalue weighted by Gasteiger charge is -2.12. The molecule has 1 rings (SSSR count). The van der Waals surface area contributed by atoms with Gasteiger partial charge < -0.3 is 14.2 Å². The maximum atomic E-state index is 11.8. The Hall–Kier alpha value is -2.14. The van der Waals surface area contributed by atoms with Gasteiger partial charge in [-0.2, -0.15) is 0 Å². The van der Waals surface area contributed by atoms with Crippen molar-refractivity contribution in [1.29, 1.82) is 0 Å². The molecule has 0 saturated heterocycles. The van der Waals surface area contributed by atoms with Crippen molar-refractivity contribution < 1.29 is 23.8 Å². The van der Waals surface area contributed by atoms with Crippen LogP contribution < -0.4 is 4.74 Å². The van der Waals surface area contributed by atoms with Crippen molar-refractivity contribution in [2.24, 2.45) is 0 Å². The molecule has 0 aromatic heterocycles. The Bertz CT molecular complexity index is 481. The van der Waals surface area contributed by atoms with Gasteiger partial charge in [0.05, 0.1) is 19.3 Å². The van der Waals surface area contributed by atoms with E-state index in [1.165, 1.54) is 13.2 Å². The molecule has 0 spiro atoms. The fraction of sp³-hybridized carbons (Fsp3) is 0.333. The molecule has 5 heteroatoms. The zero-order chi connectivity index (χ0) is 15.0. The highest BCUT2D eigenvalue weighted by Crippen LogP contribution is 2.15. The molecule has 0 bridgehead atoms. The van der Waals surface area contributed by atoms with E-state index in [0.717, 1.165) is 0 Å². The lowest BCUT2D eigenvalue weighted by Crippen LogP contribution is -2.26. The van der Waals surface area contributed by atoms with Crippen molar-refractivity contribution >= 4 is 11.9 Å². The maximum absolute atomic E-state index is 11.8. The molecule has 0 N–H and O–H groups in total. The lowest BCUT2D eigenvalue weighted by molar-refractivity contribution is -0.146.